The molecule has 0 aliphatic carbocycles. The van der Waals surface area contributed by atoms with Gasteiger partial charge in [-0.3, -0.25) is 0 Å². The molecule has 0 amide bonds. The molecule has 6 nitrogen and oxygen atoms in total. The Bertz CT molecular complexity index is 532. The van der Waals surface area contributed by atoms with E-state index in [1.165, 1.54) is 13.4 Å². The zero-order valence-electron chi connectivity index (χ0n) is 8.60. The Labute approximate surface area is 99.3 Å². The summed E-state index contributed by atoms with van der Waals surface area (Å²) in [6.07, 6.45) is 1.42. The molecule has 84 valence electrons. The van der Waals surface area contributed by atoms with E-state index in [1.54, 1.807) is 17.8 Å². The van der Waals surface area contributed by atoms with Crippen molar-refractivity contribution in [2.24, 2.45) is 7.05 Å². The lowest BCUT2D eigenvalue weighted by Crippen LogP contribution is -1.98. The number of hydrogen-bond acceptors (Lipinski definition) is 5. The van der Waals surface area contributed by atoms with E-state index in [0.29, 0.717) is 16.1 Å². The van der Waals surface area contributed by atoms with Crippen molar-refractivity contribution < 1.29 is 13.9 Å². The number of aromatic nitrogens is 3. The van der Waals surface area contributed by atoms with Gasteiger partial charge in [-0.2, -0.15) is 5.10 Å². The van der Waals surface area contributed by atoms with Gasteiger partial charge in [0.1, 0.15) is 6.33 Å². The maximum absolute atomic E-state index is 11.3. The van der Waals surface area contributed by atoms with E-state index in [-0.39, 0.29) is 5.76 Å². The smallest absolute Gasteiger partial charge is 0.374 e. The number of methoxy groups -OCH3 is 1. The van der Waals surface area contributed by atoms with Crippen LogP contribution >= 0.6 is 15.9 Å². The van der Waals surface area contributed by atoms with Gasteiger partial charge in [0.2, 0.25) is 5.76 Å². The topological polar surface area (TPSA) is 70.2 Å². The Morgan fingerprint density at radius 1 is 1.62 bits per heavy atom. The van der Waals surface area contributed by atoms with E-state index in [0.717, 1.165) is 0 Å². The van der Waals surface area contributed by atoms with Crippen molar-refractivity contribution in [1.29, 1.82) is 0 Å². The van der Waals surface area contributed by atoms with Crippen LogP contribution in [0.5, 0.6) is 0 Å². The predicted octanol–water partition coefficient (Wildman–Crippen LogP) is 1.62. The molecule has 2 aromatic heterocycles. The predicted molar refractivity (Wildman–Crippen MR) is 57.7 cm³/mol. The summed E-state index contributed by atoms with van der Waals surface area (Å²) in [5.74, 6) is 0.187. The van der Waals surface area contributed by atoms with Gasteiger partial charge >= 0.3 is 5.97 Å². The molecule has 16 heavy (non-hydrogen) atoms. The minimum atomic E-state index is -0.533. The number of carbonyl (C=O) groups excluding carboxylic acids is 1. The van der Waals surface area contributed by atoms with Crippen LogP contribution in [-0.2, 0) is 11.8 Å². The van der Waals surface area contributed by atoms with Gasteiger partial charge in [-0.25, -0.2) is 14.5 Å². The Balaban J connectivity index is 2.47. The third kappa shape index (κ3) is 1.73. The molecule has 0 unspecified atom stereocenters. The standard InChI is InChI=1S/C9H8BrN3O3/c1-13-8(11-4-12-13)5-3-6(9(14)15-2)16-7(5)10/h3-4H,1-2H3. The molecular formula is C9H8BrN3O3. The van der Waals surface area contributed by atoms with Crippen molar-refractivity contribution in [1.82, 2.24) is 14.8 Å². The first-order chi connectivity index (χ1) is 7.63. The Hall–Kier alpha value is -1.63. The summed E-state index contributed by atoms with van der Waals surface area (Å²) >= 11 is 3.21. The number of esters is 1. The van der Waals surface area contributed by atoms with Crippen LogP contribution in [0.3, 0.4) is 0 Å². The molecule has 7 heteroatoms. The quantitative estimate of drug-likeness (QED) is 0.785. The fourth-order valence-corrected chi connectivity index (χ4v) is 1.73. The van der Waals surface area contributed by atoms with Crippen LogP contribution in [0.2, 0.25) is 0 Å². The summed E-state index contributed by atoms with van der Waals surface area (Å²) in [6, 6.07) is 1.56. The lowest BCUT2D eigenvalue weighted by molar-refractivity contribution is 0.0563. The molecule has 0 atom stereocenters. The molecule has 0 radical (unpaired) electrons. The van der Waals surface area contributed by atoms with Gasteiger partial charge in [0.15, 0.2) is 10.5 Å². The number of carbonyl (C=O) groups is 1. The van der Waals surface area contributed by atoms with Crippen molar-refractivity contribution in [3.8, 4) is 11.4 Å². The van der Waals surface area contributed by atoms with Crippen molar-refractivity contribution >= 4 is 21.9 Å². The molecular weight excluding hydrogens is 278 g/mol. The zero-order valence-corrected chi connectivity index (χ0v) is 10.2. The lowest BCUT2D eigenvalue weighted by Gasteiger charge is -1.94. The third-order valence-electron chi connectivity index (χ3n) is 2.03. The maximum Gasteiger partial charge on any atom is 0.374 e. The van der Waals surface area contributed by atoms with Crippen molar-refractivity contribution in [3.05, 3.63) is 22.8 Å². The summed E-state index contributed by atoms with van der Waals surface area (Å²) in [7, 11) is 3.04. The minimum Gasteiger partial charge on any atom is -0.463 e. The van der Waals surface area contributed by atoms with E-state index in [2.05, 4.69) is 30.7 Å². The molecule has 0 aliphatic rings. The zero-order chi connectivity index (χ0) is 11.7. The summed E-state index contributed by atoms with van der Waals surface area (Å²) in [5, 5.41) is 3.94. The number of ether oxygens (including phenoxy) is 1. The van der Waals surface area contributed by atoms with Crippen molar-refractivity contribution in [3.63, 3.8) is 0 Å². The Kier molecular flexibility index (Phi) is 2.78. The summed E-state index contributed by atoms with van der Waals surface area (Å²) < 4.78 is 11.8. The van der Waals surface area contributed by atoms with Crippen LogP contribution < -0.4 is 0 Å². The second-order valence-electron chi connectivity index (χ2n) is 3.00. The highest BCUT2D eigenvalue weighted by molar-refractivity contribution is 9.10. The fraction of sp³-hybridized carbons (Fsp3) is 0.222. The molecule has 0 saturated heterocycles. The average molecular weight is 286 g/mol. The van der Waals surface area contributed by atoms with Gasteiger partial charge in [-0.1, -0.05) is 0 Å². The molecule has 0 fully saturated rings. The van der Waals surface area contributed by atoms with E-state index in [1.807, 2.05) is 0 Å². The molecule has 2 heterocycles. The van der Waals surface area contributed by atoms with Crippen LogP contribution in [0.4, 0.5) is 0 Å². The second-order valence-corrected chi connectivity index (χ2v) is 3.72. The number of furan rings is 1. The number of halogens is 1. The van der Waals surface area contributed by atoms with Crippen LogP contribution in [0.1, 0.15) is 10.6 Å². The molecule has 0 aliphatic heterocycles. The summed E-state index contributed by atoms with van der Waals surface area (Å²) in [4.78, 5) is 15.3. The van der Waals surface area contributed by atoms with Crippen molar-refractivity contribution in [2.45, 2.75) is 0 Å². The van der Waals surface area contributed by atoms with Crippen LogP contribution in [0.15, 0.2) is 21.5 Å². The highest BCUT2D eigenvalue weighted by atomic mass is 79.9. The number of hydrogen-bond donors (Lipinski definition) is 0. The monoisotopic (exact) mass is 285 g/mol. The molecule has 2 aromatic rings. The lowest BCUT2D eigenvalue weighted by atomic mass is 10.3. The highest BCUT2D eigenvalue weighted by Crippen LogP contribution is 2.30. The van der Waals surface area contributed by atoms with Gasteiger partial charge in [0.05, 0.1) is 12.7 Å². The first kappa shape index (κ1) is 10.9. The fourth-order valence-electron chi connectivity index (χ4n) is 1.26. The largest absolute Gasteiger partial charge is 0.463 e. The highest BCUT2D eigenvalue weighted by Gasteiger charge is 2.19. The number of aryl methyl sites for hydroxylation is 1. The Morgan fingerprint density at radius 2 is 2.38 bits per heavy atom. The normalized spacial score (nSPS) is 10.4. The van der Waals surface area contributed by atoms with Crippen LogP contribution in [-0.4, -0.2) is 27.8 Å². The third-order valence-corrected chi connectivity index (χ3v) is 2.61. The van der Waals surface area contributed by atoms with Crippen LogP contribution in [0, 0.1) is 0 Å². The molecule has 0 spiro atoms. The molecule has 0 N–H and O–H groups in total. The average Bonchev–Trinajstić information content (AvgIpc) is 2.83. The minimum absolute atomic E-state index is 0.118. The number of rotatable bonds is 2. The number of nitrogens with zero attached hydrogens (tertiary/aromatic N) is 3. The summed E-state index contributed by atoms with van der Waals surface area (Å²) in [6.45, 7) is 0. The molecule has 0 aromatic carbocycles. The van der Waals surface area contributed by atoms with E-state index < -0.39 is 5.97 Å². The van der Waals surface area contributed by atoms with Gasteiger partial charge in [-0.15, -0.1) is 0 Å². The van der Waals surface area contributed by atoms with E-state index >= 15 is 0 Å². The molecule has 0 bridgehead atoms. The molecule has 2 rings (SSSR count). The second kappa shape index (κ2) is 4.09. The SMILES string of the molecule is COC(=O)c1cc(-c2ncnn2C)c(Br)o1. The van der Waals surface area contributed by atoms with Gasteiger partial charge < -0.3 is 9.15 Å². The van der Waals surface area contributed by atoms with Crippen molar-refractivity contribution in [2.75, 3.05) is 7.11 Å². The van der Waals surface area contributed by atoms with Crippen LogP contribution in [0.25, 0.3) is 11.4 Å². The van der Waals surface area contributed by atoms with Gasteiger partial charge in [0.25, 0.3) is 0 Å². The maximum atomic E-state index is 11.3. The first-order valence-electron chi connectivity index (χ1n) is 4.35. The first-order valence-corrected chi connectivity index (χ1v) is 5.14. The van der Waals surface area contributed by atoms with E-state index in [4.69, 9.17) is 4.42 Å². The van der Waals surface area contributed by atoms with E-state index in [9.17, 15) is 4.79 Å². The Morgan fingerprint density at radius 3 is 2.94 bits per heavy atom. The summed E-state index contributed by atoms with van der Waals surface area (Å²) in [5.41, 5.74) is 0.653. The van der Waals surface area contributed by atoms with Gasteiger partial charge in [-0.05, 0) is 15.9 Å². The van der Waals surface area contributed by atoms with Gasteiger partial charge in [0, 0.05) is 13.1 Å². The molecule has 0 saturated carbocycles.